The van der Waals surface area contributed by atoms with E-state index in [1.54, 1.807) is 41.6 Å². The number of rotatable bonds is 5. The van der Waals surface area contributed by atoms with Crippen LogP contribution in [0.5, 0.6) is 0 Å². The number of fused-ring (bicyclic) bond motifs is 2. The molecule has 1 aromatic carbocycles. The van der Waals surface area contributed by atoms with Crippen molar-refractivity contribution >= 4 is 23.6 Å². The van der Waals surface area contributed by atoms with E-state index in [1.807, 2.05) is 12.1 Å². The van der Waals surface area contributed by atoms with Gasteiger partial charge in [0.05, 0.1) is 32.0 Å². The van der Waals surface area contributed by atoms with Crippen LogP contribution in [0.15, 0.2) is 57.0 Å². The Balaban J connectivity index is 0.997. The molecule has 7 rings (SSSR count). The normalized spacial score (nSPS) is 22.9. The van der Waals surface area contributed by atoms with Crippen molar-refractivity contribution in [3.8, 4) is 11.5 Å². The molecule has 4 aromatic rings. The van der Waals surface area contributed by atoms with Crippen molar-refractivity contribution in [2.75, 3.05) is 24.5 Å². The molecule has 0 bridgehead atoms. The van der Waals surface area contributed by atoms with Crippen LogP contribution in [0.3, 0.4) is 0 Å². The number of oxazole rings is 1. The molecule has 2 aliphatic heterocycles. The van der Waals surface area contributed by atoms with Crippen molar-refractivity contribution in [3.63, 3.8) is 0 Å². The Labute approximate surface area is 200 Å². The fraction of sp³-hybridized carbons (Fsp3) is 0.333. The SMILES string of the molecule is Cn1cnc2c1C(=O)CN(Cc1nc(C3C4CN(c5cccc(-c6ncco6)c5)C[C@@H]43)no1)C=N2. The number of imidazole rings is 1. The molecule has 2 unspecified atom stereocenters. The van der Waals surface area contributed by atoms with E-state index in [1.165, 1.54) is 5.69 Å². The molecule has 3 aromatic heterocycles. The van der Waals surface area contributed by atoms with Crippen LogP contribution >= 0.6 is 0 Å². The molecule has 0 N–H and O–H groups in total. The van der Waals surface area contributed by atoms with Crippen molar-refractivity contribution in [2.24, 2.45) is 23.9 Å². The molecule has 0 radical (unpaired) electrons. The summed E-state index contributed by atoms with van der Waals surface area (Å²) in [7, 11) is 1.79. The molecule has 2 fully saturated rings. The number of hydrogen-bond donors (Lipinski definition) is 0. The quantitative estimate of drug-likeness (QED) is 0.434. The number of anilines is 1. The van der Waals surface area contributed by atoms with Gasteiger partial charge in [0.15, 0.2) is 11.6 Å². The highest BCUT2D eigenvalue weighted by Crippen LogP contribution is 2.58. The second-order valence-corrected chi connectivity index (χ2v) is 9.29. The van der Waals surface area contributed by atoms with E-state index in [0.29, 0.717) is 47.6 Å². The lowest BCUT2D eigenvalue weighted by Gasteiger charge is -2.21. The first kappa shape index (κ1) is 20.1. The first-order valence-electron chi connectivity index (χ1n) is 11.5. The van der Waals surface area contributed by atoms with E-state index in [0.717, 1.165) is 24.5 Å². The molecule has 0 spiro atoms. The minimum atomic E-state index is -0.0408. The van der Waals surface area contributed by atoms with Gasteiger partial charge < -0.3 is 23.3 Å². The van der Waals surface area contributed by atoms with Crippen LogP contribution in [0.1, 0.15) is 28.1 Å². The Morgan fingerprint density at radius 2 is 2.06 bits per heavy atom. The summed E-state index contributed by atoms with van der Waals surface area (Å²) in [4.78, 5) is 34.2. The van der Waals surface area contributed by atoms with Crippen LogP contribution in [0.2, 0.25) is 0 Å². The summed E-state index contributed by atoms with van der Waals surface area (Å²) in [6.07, 6.45) is 6.46. The summed E-state index contributed by atoms with van der Waals surface area (Å²) in [6.45, 7) is 2.42. The van der Waals surface area contributed by atoms with Gasteiger partial charge in [0.1, 0.15) is 12.0 Å². The van der Waals surface area contributed by atoms with Gasteiger partial charge in [0.2, 0.25) is 17.6 Å². The van der Waals surface area contributed by atoms with E-state index >= 15 is 0 Å². The van der Waals surface area contributed by atoms with Crippen molar-refractivity contribution in [1.82, 2.24) is 29.6 Å². The van der Waals surface area contributed by atoms with Gasteiger partial charge in [-0.2, -0.15) is 4.98 Å². The zero-order chi connectivity index (χ0) is 23.5. The molecule has 3 atom stereocenters. The number of hydrogen-bond acceptors (Lipinski definition) is 10. The van der Waals surface area contributed by atoms with Crippen molar-refractivity contribution in [1.29, 1.82) is 0 Å². The van der Waals surface area contributed by atoms with Gasteiger partial charge in [-0.25, -0.2) is 15.0 Å². The van der Waals surface area contributed by atoms with Crippen LogP contribution in [0, 0.1) is 11.8 Å². The van der Waals surface area contributed by atoms with Gasteiger partial charge >= 0.3 is 0 Å². The molecule has 0 amide bonds. The molecule has 176 valence electrons. The first-order valence-corrected chi connectivity index (χ1v) is 11.5. The number of nitrogens with zero attached hydrogens (tertiary/aromatic N) is 8. The van der Waals surface area contributed by atoms with Crippen molar-refractivity contribution < 1.29 is 13.7 Å². The molecule has 35 heavy (non-hydrogen) atoms. The molecule has 1 saturated heterocycles. The number of piperidine rings is 1. The highest BCUT2D eigenvalue weighted by Gasteiger charge is 2.58. The fourth-order valence-corrected chi connectivity index (χ4v) is 5.33. The van der Waals surface area contributed by atoms with Crippen molar-refractivity contribution in [2.45, 2.75) is 12.5 Å². The Hall–Kier alpha value is -4.28. The van der Waals surface area contributed by atoms with Crippen LogP contribution < -0.4 is 4.90 Å². The number of ketones is 1. The Morgan fingerprint density at radius 1 is 1.17 bits per heavy atom. The number of aryl methyl sites for hydroxylation is 1. The topological polar surface area (TPSA) is 119 Å². The van der Waals surface area contributed by atoms with Crippen LogP contribution in [0.25, 0.3) is 11.5 Å². The van der Waals surface area contributed by atoms with Gasteiger partial charge in [0, 0.05) is 37.3 Å². The van der Waals surface area contributed by atoms with Gasteiger partial charge in [0.25, 0.3) is 0 Å². The van der Waals surface area contributed by atoms with Gasteiger partial charge in [-0.05, 0) is 30.0 Å². The Morgan fingerprint density at radius 3 is 2.89 bits per heavy atom. The number of aromatic nitrogens is 5. The van der Waals surface area contributed by atoms with E-state index in [-0.39, 0.29) is 12.3 Å². The molecular formula is C24H22N8O3. The average molecular weight is 470 g/mol. The first-order chi connectivity index (χ1) is 17.1. The van der Waals surface area contributed by atoms with Gasteiger partial charge in [-0.15, -0.1) is 0 Å². The summed E-state index contributed by atoms with van der Waals surface area (Å²) >= 11 is 0. The number of aliphatic imine (C=N–C) groups is 1. The molecule has 11 nitrogen and oxygen atoms in total. The maximum absolute atomic E-state index is 12.6. The smallest absolute Gasteiger partial charge is 0.246 e. The Bertz CT molecular complexity index is 1430. The van der Waals surface area contributed by atoms with E-state index < -0.39 is 0 Å². The summed E-state index contributed by atoms with van der Waals surface area (Å²) < 4.78 is 12.7. The molecular weight excluding hydrogens is 448 g/mol. The maximum atomic E-state index is 12.6. The number of benzene rings is 1. The summed E-state index contributed by atoms with van der Waals surface area (Å²) in [5.74, 6) is 3.59. The minimum Gasteiger partial charge on any atom is -0.445 e. The second kappa shape index (κ2) is 7.62. The highest BCUT2D eigenvalue weighted by molar-refractivity contribution is 6.02. The van der Waals surface area contributed by atoms with Gasteiger partial charge in [-0.1, -0.05) is 11.2 Å². The zero-order valence-electron chi connectivity index (χ0n) is 19.0. The zero-order valence-corrected chi connectivity index (χ0v) is 19.0. The fourth-order valence-electron chi connectivity index (χ4n) is 5.33. The van der Waals surface area contributed by atoms with Crippen LogP contribution in [0.4, 0.5) is 11.5 Å². The number of carbonyl (C=O) groups is 1. The Kier molecular flexibility index (Phi) is 4.38. The lowest BCUT2D eigenvalue weighted by atomic mass is 10.1. The van der Waals surface area contributed by atoms with E-state index in [9.17, 15) is 4.79 Å². The predicted octanol–water partition coefficient (Wildman–Crippen LogP) is 2.67. The monoisotopic (exact) mass is 470 g/mol. The third kappa shape index (κ3) is 3.42. The summed E-state index contributed by atoms with van der Waals surface area (Å²) in [6, 6.07) is 8.28. The molecule has 3 aliphatic rings. The lowest BCUT2D eigenvalue weighted by Crippen LogP contribution is -2.28. The van der Waals surface area contributed by atoms with Crippen LogP contribution in [-0.4, -0.2) is 61.3 Å². The van der Waals surface area contributed by atoms with Crippen LogP contribution in [-0.2, 0) is 13.6 Å². The predicted molar refractivity (Wildman–Crippen MR) is 124 cm³/mol. The van der Waals surface area contributed by atoms with E-state index in [2.05, 4.69) is 42.1 Å². The standard InChI is InChI=1S/C24H22N8O3/c1-30-12-26-23-21(30)18(33)10-31(13-27-23)11-19-28-22(29-35-19)20-16-8-32(9-17(16)20)15-4-2-3-14(7-15)24-25-5-6-34-24/h2-7,12-13,16-17,20H,8-11H2,1H3/t16-,17?,20?/m0/s1. The second-order valence-electron chi connectivity index (χ2n) is 9.29. The summed E-state index contributed by atoms with van der Waals surface area (Å²) in [5.41, 5.74) is 2.65. The molecule has 11 heteroatoms. The average Bonchev–Trinajstić information content (AvgIpc) is 3.45. The highest BCUT2D eigenvalue weighted by atomic mass is 16.5. The lowest BCUT2D eigenvalue weighted by molar-refractivity contribution is 0.0954. The number of Topliss-reactive ketones (excluding diaryl/α,β-unsaturated/α-hetero) is 1. The number of carbonyl (C=O) groups excluding carboxylic acids is 1. The molecule has 5 heterocycles. The maximum Gasteiger partial charge on any atom is 0.246 e. The third-order valence-electron chi connectivity index (χ3n) is 7.08. The van der Waals surface area contributed by atoms with Gasteiger partial charge in [-0.3, -0.25) is 4.79 Å². The van der Waals surface area contributed by atoms with Crippen molar-refractivity contribution in [3.05, 3.63) is 60.5 Å². The third-order valence-corrected chi connectivity index (χ3v) is 7.08. The molecule has 1 saturated carbocycles. The minimum absolute atomic E-state index is 0.0408. The summed E-state index contributed by atoms with van der Waals surface area (Å²) in [5, 5.41) is 4.26. The van der Waals surface area contributed by atoms with E-state index in [4.69, 9.17) is 8.94 Å². The molecule has 1 aliphatic carbocycles. The largest absolute Gasteiger partial charge is 0.445 e.